The first-order valence-corrected chi connectivity index (χ1v) is 5.04. The first kappa shape index (κ1) is 11.6. The molecule has 0 saturated heterocycles. The summed E-state index contributed by atoms with van der Waals surface area (Å²) in [6, 6.07) is 0. The van der Waals surface area contributed by atoms with E-state index in [1.54, 1.807) is 0 Å². The van der Waals surface area contributed by atoms with Gasteiger partial charge < -0.3 is 0 Å². The molecule has 0 saturated carbocycles. The first-order valence-electron chi connectivity index (χ1n) is 3.67. The lowest BCUT2D eigenvalue weighted by atomic mass is 10.5. The van der Waals surface area contributed by atoms with E-state index in [0.29, 0.717) is 10.6 Å². The van der Waals surface area contributed by atoms with E-state index in [1.807, 2.05) is 6.92 Å². The maximum absolute atomic E-state index is 12.1. The highest BCUT2D eigenvalue weighted by Crippen LogP contribution is 2.30. The lowest BCUT2D eigenvalue weighted by Gasteiger charge is -2.06. The van der Waals surface area contributed by atoms with Crippen LogP contribution in [0, 0.1) is 0 Å². The largest absolute Gasteiger partial charge is 0.451 e. The number of rotatable bonds is 2. The predicted octanol–water partition coefficient (Wildman–Crippen LogP) is 3.26. The number of halogens is 4. The molecule has 0 amide bonds. The molecule has 1 rings (SSSR count). The van der Waals surface area contributed by atoms with E-state index < -0.39 is 12.0 Å². The highest BCUT2D eigenvalue weighted by molar-refractivity contribution is 7.99. The molecule has 0 atom stereocenters. The fourth-order valence-electron chi connectivity index (χ4n) is 0.739. The Kier molecular flexibility index (Phi) is 3.60. The Bertz CT molecular complexity index is 329. The van der Waals surface area contributed by atoms with Crippen molar-refractivity contribution in [3.63, 3.8) is 0 Å². The third kappa shape index (κ3) is 2.75. The highest BCUT2D eigenvalue weighted by Gasteiger charge is 2.35. The summed E-state index contributed by atoms with van der Waals surface area (Å²) in [6.07, 6.45) is -3.45. The van der Waals surface area contributed by atoms with Gasteiger partial charge in [-0.15, -0.1) is 11.8 Å². The second-order valence-electron chi connectivity index (χ2n) is 2.28. The minimum Gasteiger partial charge on any atom is -0.232 e. The molecule has 1 aromatic rings. The lowest BCUT2D eigenvalue weighted by molar-refractivity contribution is -0.145. The Labute approximate surface area is 87.9 Å². The molecule has 1 heterocycles. The normalized spacial score (nSPS) is 11.8. The average molecular weight is 243 g/mol. The fraction of sp³-hybridized carbons (Fsp3) is 0.429. The number of thioether (sulfide) groups is 1. The molecule has 0 unspecified atom stereocenters. The Morgan fingerprint density at radius 3 is 2.57 bits per heavy atom. The molecule has 0 fully saturated rings. The Balaban J connectivity index is 3.01. The van der Waals surface area contributed by atoms with Crippen molar-refractivity contribution in [3.8, 4) is 0 Å². The summed E-state index contributed by atoms with van der Waals surface area (Å²) in [5, 5.41) is -0.154. The van der Waals surface area contributed by atoms with Crippen LogP contribution in [0.4, 0.5) is 13.2 Å². The van der Waals surface area contributed by atoms with Crippen LogP contribution >= 0.6 is 23.4 Å². The number of hydrogen-bond acceptors (Lipinski definition) is 3. The van der Waals surface area contributed by atoms with Gasteiger partial charge in [-0.3, -0.25) is 0 Å². The van der Waals surface area contributed by atoms with Gasteiger partial charge in [0.1, 0.15) is 5.15 Å². The molecule has 0 N–H and O–H groups in total. The van der Waals surface area contributed by atoms with Gasteiger partial charge in [0.05, 0.1) is 4.90 Å². The molecule has 14 heavy (non-hydrogen) atoms. The number of aromatic nitrogens is 2. The van der Waals surface area contributed by atoms with Crippen LogP contribution in [0.1, 0.15) is 12.7 Å². The van der Waals surface area contributed by atoms with Gasteiger partial charge in [-0.05, 0) is 5.75 Å². The topological polar surface area (TPSA) is 25.8 Å². The van der Waals surface area contributed by atoms with E-state index in [9.17, 15) is 13.2 Å². The first-order chi connectivity index (χ1) is 6.45. The van der Waals surface area contributed by atoms with Crippen molar-refractivity contribution in [1.82, 2.24) is 9.97 Å². The van der Waals surface area contributed by atoms with Gasteiger partial charge in [0.25, 0.3) is 0 Å². The van der Waals surface area contributed by atoms with E-state index in [2.05, 4.69) is 9.97 Å². The third-order valence-electron chi connectivity index (χ3n) is 1.26. The van der Waals surface area contributed by atoms with E-state index in [-0.39, 0.29) is 5.15 Å². The number of alkyl halides is 3. The molecular formula is C7H6ClF3N2S. The van der Waals surface area contributed by atoms with Crippen molar-refractivity contribution in [3.05, 3.63) is 17.2 Å². The summed E-state index contributed by atoms with van der Waals surface area (Å²) >= 11 is 6.84. The van der Waals surface area contributed by atoms with Crippen LogP contribution in [-0.4, -0.2) is 15.7 Å². The van der Waals surface area contributed by atoms with E-state index in [4.69, 9.17) is 11.6 Å². The van der Waals surface area contributed by atoms with E-state index in [1.165, 1.54) is 11.8 Å². The zero-order chi connectivity index (χ0) is 10.8. The Morgan fingerprint density at radius 1 is 1.50 bits per heavy atom. The van der Waals surface area contributed by atoms with Crippen LogP contribution in [0.5, 0.6) is 0 Å². The molecule has 0 aliphatic rings. The molecule has 0 aliphatic heterocycles. The van der Waals surface area contributed by atoms with E-state index in [0.717, 1.165) is 6.20 Å². The SMILES string of the molecule is CCSc1cnc(C(F)(F)F)nc1Cl. The standard InChI is InChI=1S/C7H6ClF3N2S/c1-2-14-4-3-12-6(7(9,10)11)13-5(4)8/h3H,2H2,1H3. The zero-order valence-electron chi connectivity index (χ0n) is 7.10. The number of nitrogens with zero attached hydrogens (tertiary/aromatic N) is 2. The Morgan fingerprint density at radius 2 is 2.14 bits per heavy atom. The van der Waals surface area contributed by atoms with Crippen molar-refractivity contribution >= 4 is 23.4 Å². The molecule has 0 aromatic carbocycles. The molecule has 7 heteroatoms. The molecule has 2 nitrogen and oxygen atoms in total. The third-order valence-corrected chi connectivity index (χ3v) is 2.56. The summed E-state index contributed by atoms with van der Waals surface area (Å²) in [6.45, 7) is 1.86. The second-order valence-corrected chi connectivity index (χ2v) is 3.94. The van der Waals surface area contributed by atoms with Gasteiger partial charge in [-0.2, -0.15) is 13.2 Å². The van der Waals surface area contributed by atoms with Crippen LogP contribution < -0.4 is 0 Å². The average Bonchev–Trinajstić information content (AvgIpc) is 2.07. The van der Waals surface area contributed by atoms with Crippen molar-refractivity contribution in [2.75, 3.05) is 5.75 Å². The van der Waals surface area contributed by atoms with Crippen LogP contribution in [0.3, 0.4) is 0 Å². The summed E-state index contributed by atoms with van der Waals surface area (Å²) < 4.78 is 36.3. The fourth-order valence-corrected chi connectivity index (χ4v) is 1.63. The smallest absolute Gasteiger partial charge is 0.232 e. The van der Waals surface area contributed by atoms with Gasteiger partial charge in [-0.1, -0.05) is 18.5 Å². The summed E-state index contributed by atoms with van der Waals surface area (Å²) in [5.41, 5.74) is 0. The number of hydrogen-bond donors (Lipinski definition) is 0. The maximum atomic E-state index is 12.1. The molecular weight excluding hydrogens is 237 g/mol. The molecule has 0 aliphatic carbocycles. The van der Waals surface area contributed by atoms with Crippen molar-refractivity contribution in [2.45, 2.75) is 18.0 Å². The van der Waals surface area contributed by atoms with Crippen molar-refractivity contribution < 1.29 is 13.2 Å². The quantitative estimate of drug-likeness (QED) is 0.588. The summed E-state index contributed by atoms with van der Waals surface area (Å²) in [5.74, 6) is -0.503. The molecule has 0 spiro atoms. The van der Waals surface area contributed by atoms with Crippen LogP contribution in [0.2, 0.25) is 5.15 Å². The van der Waals surface area contributed by atoms with Crippen LogP contribution in [-0.2, 0) is 6.18 Å². The summed E-state index contributed by atoms with van der Waals surface area (Å²) in [7, 11) is 0. The van der Waals surface area contributed by atoms with E-state index >= 15 is 0 Å². The van der Waals surface area contributed by atoms with Gasteiger partial charge >= 0.3 is 6.18 Å². The molecule has 1 aromatic heterocycles. The minimum absolute atomic E-state index is 0.154. The second kappa shape index (κ2) is 4.35. The van der Waals surface area contributed by atoms with Crippen LogP contribution in [0.25, 0.3) is 0 Å². The highest BCUT2D eigenvalue weighted by atomic mass is 35.5. The molecule has 78 valence electrons. The van der Waals surface area contributed by atoms with Crippen molar-refractivity contribution in [1.29, 1.82) is 0 Å². The summed E-state index contributed by atoms with van der Waals surface area (Å²) in [4.78, 5) is 6.82. The minimum atomic E-state index is -4.54. The van der Waals surface area contributed by atoms with Gasteiger partial charge in [0.2, 0.25) is 5.82 Å². The molecule has 0 radical (unpaired) electrons. The van der Waals surface area contributed by atoms with Gasteiger partial charge in [0, 0.05) is 6.20 Å². The lowest BCUT2D eigenvalue weighted by Crippen LogP contribution is -2.10. The monoisotopic (exact) mass is 242 g/mol. The molecule has 0 bridgehead atoms. The van der Waals surface area contributed by atoms with Gasteiger partial charge in [0.15, 0.2) is 0 Å². The van der Waals surface area contributed by atoms with Gasteiger partial charge in [-0.25, -0.2) is 9.97 Å². The predicted molar refractivity (Wildman–Crippen MR) is 48.4 cm³/mol. The van der Waals surface area contributed by atoms with Crippen molar-refractivity contribution in [2.24, 2.45) is 0 Å². The van der Waals surface area contributed by atoms with Crippen LogP contribution in [0.15, 0.2) is 11.1 Å². The maximum Gasteiger partial charge on any atom is 0.451 e. The Hall–Kier alpha value is -0.490. The zero-order valence-corrected chi connectivity index (χ0v) is 8.67.